The second kappa shape index (κ2) is 10.7. The molecular formula is C26H21Cl2F3N4O3S. The molecular weight excluding hydrogens is 576 g/mol. The summed E-state index contributed by atoms with van der Waals surface area (Å²) in [5, 5.41) is 1.00. The first-order valence-electron chi connectivity index (χ1n) is 11.9. The molecule has 204 valence electrons. The summed E-state index contributed by atoms with van der Waals surface area (Å²) < 4.78 is 70.3. The minimum Gasteiger partial charge on any atom is -0.358 e. The Morgan fingerprint density at radius 2 is 1.85 bits per heavy atom. The first-order chi connectivity index (χ1) is 18.6. The lowest BCUT2D eigenvalue weighted by Gasteiger charge is -2.32. The van der Waals surface area contributed by atoms with Crippen LogP contribution in [-0.2, 0) is 10.0 Å². The molecule has 1 aliphatic rings. The zero-order valence-corrected chi connectivity index (χ0v) is 22.4. The number of fused-ring (bicyclic) bond motifs is 1. The molecule has 0 unspecified atom stereocenters. The number of carbonyl (C=O) groups excluding carboxylic acids is 1. The number of pyridine rings is 1. The number of sulfonamides is 1. The Labute approximate surface area is 232 Å². The van der Waals surface area contributed by atoms with Gasteiger partial charge in [0.25, 0.3) is 22.4 Å². The molecule has 0 atom stereocenters. The van der Waals surface area contributed by atoms with E-state index in [-0.39, 0.29) is 41.0 Å². The standard InChI is InChI=1S/C26H21Cl2F3N4O3S/c27-17-4-5-19(24-22(17)18(28)13-33-24)34-39(37,38)21-3-1-2-16(23(21)29)26(36)35-10-7-14(8-11-35)15-6-9-32-20(12-15)25(30)31/h1-6,9,12-14,25,33-34H,7-8,10-11H2. The molecule has 1 aliphatic heterocycles. The third-order valence-corrected chi connectivity index (χ3v) is 8.74. The number of amides is 1. The number of hydrogen-bond donors (Lipinski definition) is 2. The van der Waals surface area contributed by atoms with Gasteiger partial charge in [0.1, 0.15) is 10.6 Å². The number of H-pyrrole nitrogens is 1. The van der Waals surface area contributed by atoms with Gasteiger partial charge in [-0.1, -0.05) is 29.3 Å². The van der Waals surface area contributed by atoms with Gasteiger partial charge >= 0.3 is 0 Å². The molecule has 0 spiro atoms. The molecule has 13 heteroatoms. The van der Waals surface area contributed by atoms with Crippen molar-refractivity contribution in [1.82, 2.24) is 14.9 Å². The van der Waals surface area contributed by atoms with Gasteiger partial charge in [0.05, 0.1) is 26.8 Å². The van der Waals surface area contributed by atoms with E-state index in [0.717, 1.165) is 6.07 Å². The highest BCUT2D eigenvalue weighted by molar-refractivity contribution is 7.92. The lowest BCUT2D eigenvalue weighted by atomic mass is 9.89. The fourth-order valence-corrected chi connectivity index (χ4v) is 6.49. The Bertz CT molecular complexity index is 1670. The first kappa shape index (κ1) is 27.3. The topological polar surface area (TPSA) is 95.2 Å². The Balaban J connectivity index is 1.34. The molecule has 2 N–H and O–H groups in total. The largest absolute Gasteiger partial charge is 0.358 e. The molecule has 0 aliphatic carbocycles. The number of anilines is 1. The van der Waals surface area contributed by atoms with Crippen LogP contribution in [0.5, 0.6) is 0 Å². The molecule has 2 aromatic carbocycles. The van der Waals surface area contributed by atoms with E-state index >= 15 is 4.39 Å². The number of rotatable bonds is 6. The van der Waals surface area contributed by atoms with E-state index in [1.54, 1.807) is 6.07 Å². The zero-order chi connectivity index (χ0) is 27.9. The maximum absolute atomic E-state index is 15.5. The molecule has 0 radical (unpaired) electrons. The highest BCUT2D eigenvalue weighted by Crippen LogP contribution is 2.36. The third kappa shape index (κ3) is 5.30. The number of piperidine rings is 1. The van der Waals surface area contributed by atoms with Crippen LogP contribution in [0, 0.1) is 5.82 Å². The van der Waals surface area contributed by atoms with Crippen molar-refractivity contribution < 1.29 is 26.4 Å². The van der Waals surface area contributed by atoms with Gasteiger partial charge in [-0.2, -0.15) is 0 Å². The van der Waals surface area contributed by atoms with Crippen LogP contribution in [0.2, 0.25) is 10.0 Å². The van der Waals surface area contributed by atoms with Crippen molar-refractivity contribution in [3.05, 3.63) is 87.5 Å². The molecule has 1 fully saturated rings. The average molecular weight is 597 g/mol. The lowest BCUT2D eigenvalue weighted by Crippen LogP contribution is -2.38. The van der Waals surface area contributed by atoms with Gasteiger partial charge < -0.3 is 9.88 Å². The van der Waals surface area contributed by atoms with Crippen LogP contribution in [0.4, 0.5) is 18.9 Å². The van der Waals surface area contributed by atoms with Crippen LogP contribution in [0.3, 0.4) is 0 Å². The van der Waals surface area contributed by atoms with Crippen molar-refractivity contribution >= 4 is 55.7 Å². The van der Waals surface area contributed by atoms with E-state index < -0.39 is 33.1 Å². The smallest absolute Gasteiger partial charge is 0.280 e. The van der Waals surface area contributed by atoms with Gasteiger partial charge in [-0.05, 0) is 60.7 Å². The quantitative estimate of drug-likeness (QED) is 0.257. The SMILES string of the molecule is O=C(c1cccc(S(=O)(=O)Nc2ccc(Cl)c3c(Cl)c[nH]c23)c1F)N1CCC(c2ccnc(C(F)F)c2)CC1. The number of likely N-dealkylation sites (tertiary alicyclic amines) is 1. The van der Waals surface area contributed by atoms with Crippen molar-refractivity contribution in [2.45, 2.75) is 30.1 Å². The summed E-state index contributed by atoms with van der Waals surface area (Å²) in [6, 6.07) is 9.50. The fourth-order valence-electron chi connectivity index (χ4n) is 4.76. The number of alkyl halides is 2. The average Bonchev–Trinajstić information content (AvgIpc) is 3.32. The number of nitrogens with zero attached hydrogens (tertiary/aromatic N) is 2. The molecule has 3 heterocycles. The lowest BCUT2D eigenvalue weighted by molar-refractivity contribution is 0.0707. The van der Waals surface area contributed by atoms with Crippen molar-refractivity contribution in [1.29, 1.82) is 0 Å². The van der Waals surface area contributed by atoms with Crippen molar-refractivity contribution in [2.24, 2.45) is 0 Å². The summed E-state index contributed by atoms with van der Waals surface area (Å²) in [6.45, 7) is 0.502. The minimum atomic E-state index is -4.45. The Hall–Kier alpha value is -3.28. The highest BCUT2D eigenvalue weighted by atomic mass is 35.5. The maximum atomic E-state index is 15.5. The molecule has 7 nitrogen and oxygen atoms in total. The number of carbonyl (C=O) groups is 1. The van der Waals surface area contributed by atoms with Gasteiger partial charge in [0.2, 0.25) is 0 Å². The summed E-state index contributed by atoms with van der Waals surface area (Å²) >= 11 is 12.3. The molecule has 1 amide bonds. The number of aromatic nitrogens is 2. The van der Waals surface area contributed by atoms with Gasteiger partial charge in [0.15, 0.2) is 5.82 Å². The summed E-state index contributed by atoms with van der Waals surface area (Å²) in [4.78, 5) is 20.4. The molecule has 0 bridgehead atoms. The van der Waals surface area contributed by atoms with Crippen LogP contribution >= 0.6 is 23.2 Å². The number of aromatic amines is 1. The molecule has 2 aromatic heterocycles. The first-order valence-corrected chi connectivity index (χ1v) is 14.1. The van der Waals surface area contributed by atoms with Gasteiger partial charge in [-0.25, -0.2) is 21.6 Å². The Morgan fingerprint density at radius 1 is 1.10 bits per heavy atom. The summed E-state index contributed by atoms with van der Waals surface area (Å²) in [6.07, 6.45) is 1.06. The van der Waals surface area contributed by atoms with Crippen LogP contribution in [0.15, 0.2) is 59.8 Å². The monoisotopic (exact) mass is 596 g/mol. The van der Waals surface area contributed by atoms with E-state index in [0.29, 0.717) is 34.3 Å². The second-order valence-electron chi connectivity index (χ2n) is 9.09. The normalized spacial score (nSPS) is 14.8. The van der Waals surface area contributed by atoms with Gasteiger partial charge in [-0.15, -0.1) is 0 Å². The molecule has 1 saturated heterocycles. The predicted octanol–water partition coefficient (Wildman–Crippen LogP) is 6.77. The summed E-state index contributed by atoms with van der Waals surface area (Å²) in [5.41, 5.74) is 0.437. The van der Waals surface area contributed by atoms with Gasteiger partial charge in [0, 0.05) is 30.9 Å². The summed E-state index contributed by atoms with van der Waals surface area (Å²) in [5.74, 6) is -1.90. The summed E-state index contributed by atoms with van der Waals surface area (Å²) in [7, 11) is -4.45. The third-order valence-electron chi connectivity index (χ3n) is 6.75. The van der Waals surface area contributed by atoms with E-state index in [4.69, 9.17) is 23.2 Å². The van der Waals surface area contributed by atoms with Crippen molar-refractivity contribution in [2.75, 3.05) is 17.8 Å². The fraction of sp³-hybridized carbons (Fsp3) is 0.231. The van der Waals surface area contributed by atoms with Crippen LogP contribution in [-0.4, -0.2) is 42.3 Å². The highest BCUT2D eigenvalue weighted by Gasteiger charge is 2.30. The number of benzene rings is 2. The number of hydrogen-bond acceptors (Lipinski definition) is 4. The Kier molecular flexibility index (Phi) is 7.49. The van der Waals surface area contributed by atoms with Crippen LogP contribution in [0.1, 0.15) is 46.8 Å². The van der Waals surface area contributed by atoms with E-state index in [9.17, 15) is 22.0 Å². The molecule has 4 aromatic rings. The van der Waals surface area contributed by atoms with Crippen LogP contribution in [0.25, 0.3) is 10.9 Å². The molecule has 0 saturated carbocycles. The second-order valence-corrected chi connectivity index (χ2v) is 11.6. The zero-order valence-electron chi connectivity index (χ0n) is 20.1. The number of halogens is 5. The van der Waals surface area contributed by atoms with Crippen molar-refractivity contribution in [3.63, 3.8) is 0 Å². The van der Waals surface area contributed by atoms with E-state index in [1.807, 2.05) is 0 Å². The van der Waals surface area contributed by atoms with Crippen molar-refractivity contribution in [3.8, 4) is 0 Å². The number of nitrogens with one attached hydrogen (secondary N) is 2. The molecule has 39 heavy (non-hydrogen) atoms. The van der Waals surface area contributed by atoms with Crippen LogP contribution < -0.4 is 4.72 Å². The van der Waals surface area contributed by atoms with E-state index in [1.165, 1.54) is 47.6 Å². The minimum absolute atomic E-state index is 0.0620. The maximum Gasteiger partial charge on any atom is 0.280 e. The predicted molar refractivity (Wildman–Crippen MR) is 143 cm³/mol. The van der Waals surface area contributed by atoms with E-state index in [2.05, 4.69) is 14.7 Å². The Morgan fingerprint density at radius 3 is 2.56 bits per heavy atom. The van der Waals surface area contributed by atoms with Gasteiger partial charge in [-0.3, -0.25) is 14.5 Å². The molecule has 5 rings (SSSR count).